The quantitative estimate of drug-likeness (QED) is 0.700. The van der Waals surface area contributed by atoms with Crippen molar-refractivity contribution in [2.45, 2.75) is 19.6 Å². The molecule has 0 amide bonds. The summed E-state index contributed by atoms with van der Waals surface area (Å²) in [5, 5.41) is 0. The lowest BCUT2D eigenvalue weighted by Gasteiger charge is -2.31. The minimum Gasteiger partial charge on any atom is -0.346 e. The van der Waals surface area contributed by atoms with Crippen LogP contribution in [0.5, 0.6) is 0 Å². The Labute approximate surface area is 90.5 Å². The van der Waals surface area contributed by atoms with E-state index < -0.39 is 5.79 Å². The summed E-state index contributed by atoms with van der Waals surface area (Å²) in [6.45, 7) is 5.18. The molecule has 0 unspecified atom stereocenters. The molecule has 1 aromatic rings. The van der Waals surface area contributed by atoms with Gasteiger partial charge in [-0.25, -0.2) is 0 Å². The average molecular weight is 204 g/mol. The zero-order valence-corrected chi connectivity index (χ0v) is 9.19. The average Bonchev–Trinajstić information content (AvgIpc) is 2.23. The van der Waals surface area contributed by atoms with Crippen LogP contribution < -0.4 is 0 Å². The molecular weight excluding hydrogens is 188 g/mol. The molecule has 2 rings (SSSR count). The molecule has 1 aromatic carbocycles. The van der Waals surface area contributed by atoms with E-state index in [4.69, 9.17) is 9.47 Å². The van der Waals surface area contributed by atoms with E-state index in [-0.39, 0.29) is 0 Å². The fourth-order valence-electron chi connectivity index (χ4n) is 1.48. The van der Waals surface area contributed by atoms with Gasteiger partial charge in [0.2, 0.25) is 0 Å². The van der Waals surface area contributed by atoms with Crippen molar-refractivity contribution in [2.24, 2.45) is 0 Å². The van der Waals surface area contributed by atoms with Crippen molar-refractivity contribution in [1.29, 1.82) is 0 Å². The van der Waals surface area contributed by atoms with E-state index in [9.17, 15) is 0 Å². The van der Waals surface area contributed by atoms with Crippen LogP contribution in [0.1, 0.15) is 19.4 Å². The summed E-state index contributed by atoms with van der Waals surface area (Å²) in [7, 11) is 0. The predicted octanol–water partition coefficient (Wildman–Crippen LogP) is 2.85. The van der Waals surface area contributed by atoms with Crippen LogP contribution in [0.25, 0.3) is 6.08 Å². The number of hydrogen-bond acceptors (Lipinski definition) is 2. The van der Waals surface area contributed by atoms with Crippen LogP contribution in [0.4, 0.5) is 0 Å². The molecule has 0 spiro atoms. The third-order valence-corrected chi connectivity index (χ3v) is 2.38. The fraction of sp³-hybridized carbons (Fsp3) is 0.385. The van der Waals surface area contributed by atoms with Gasteiger partial charge < -0.3 is 9.47 Å². The van der Waals surface area contributed by atoms with Crippen LogP contribution in [0.2, 0.25) is 0 Å². The molecule has 0 aliphatic carbocycles. The maximum Gasteiger partial charge on any atom is 0.163 e. The molecule has 0 saturated carbocycles. The molecule has 0 atom stereocenters. The van der Waals surface area contributed by atoms with Crippen LogP contribution >= 0.6 is 0 Å². The van der Waals surface area contributed by atoms with Gasteiger partial charge in [0, 0.05) is 0 Å². The molecule has 0 radical (unpaired) electrons. The highest BCUT2D eigenvalue weighted by molar-refractivity contribution is 5.53. The van der Waals surface area contributed by atoms with Crippen molar-refractivity contribution < 1.29 is 9.47 Å². The zero-order valence-electron chi connectivity index (χ0n) is 9.19. The minimum atomic E-state index is -0.436. The highest BCUT2D eigenvalue weighted by atomic mass is 16.7. The third-order valence-electron chi connectivity index (χ3n) is 2.38. The molecular formula is C13H16O2. The van der Waals surface area contributed by atoms with Gasteiger partial charge in [0.1, 0.15) is 0 Å². The molecule has 1 saturated heterocycles. The normalized spacial score (nSPS) is 20.0. The number of hydrogen-bond donors (Lipinski definition) is 0. The molecule has 1 fully saturated rings. The summed E-state index contributed by atoms with van der Waals surface area (Å²) in [6.07, 6.45) is 2.12. The van der Waals surface area contributed by atoms with E-state index in [1.165, 1.54) is 11.1 Å². The summed E-state index contributed by atoms with van der Waals surface area (Å²) in [5.74, 6) is -0.436. The Morgan fingerprint density at radius 2 is 1.67 bits per heavy atom. The topological polar surface area (TPSA) is 18.5 Å². The molecule has 0 N–H and O–H groups in total. The van der Waals surface area contributed by atoms with Crippen LogP contribution in [-0.2, 0) is 9.47 Å². The maximum absolute atomic E-state index is 5.56. The number of ether oxygens (including phenoxy) is 2. The van der Waals surface area contributed by atoms with E-state index in [1.54, 1.807) is 0 Å². The molecule has 1 heterocycles. The lowest BCUT2D eigenvalue weighted by atomic mass is 10.1. The standard InChI is InChI=1S/C13H16O2/c1-13(2)14-9-12(10-15-13)8-11-6-4-3-5-7-11/h3-8H,9-10H2,1-2H3. The Hall–Kier alpha value is -1.12. The van der Waals surface area contributed by atoms with Gasteiger partial charge in [0.05, 0.1) is 13.2 Å². The van der Waals surface area contributed by atoms with E-state index in [0.717, 1.165) is 0 Å². The Bertz CT molecular complexity index is 340. The van der Waals surface area contributed by atoms with Crippen molar-refractivity contribution in [1.82, 2.24) is 0 Å². The molecule has 2 heteroatoms. The van der Waals surface area contributed by atoms with Crippen molar-refractivity contribution in [3.8, 4) is 0 Å². The molecule has 1 aliphatic heterocycles. The van der Waals surface area contributed by atoms with E-state index in [2.05, 4.69) is 18.2 Å². The van der Waals surface area contributed by atoms with Crippen molar-refractivity contribution >= 4 is 6.08 Å². The van der Waals surface area contributed by atoms with Crippen LogP contribution in [0.15, 0.2) is 35.9 Å². The van der Waals surface area contributed by atoms with Gasteiger partial charge >= 0.3 is 0 Å². The maximum atomic E-state index is 5.56. The summed E-state index contributed by atoms with van der Waals surface area (Å²) < 4.78 is 11.1. The Morgan fingerprint density at radius 1 is 1.07 bits per heavy atom. The monoisotopic (exact) mass is 204 g/mol. The second kappa shape index (κ2) is 4.17. The SMILES string of the molecule is CC1(C)OCC(=Cc2ccccc2)CO1. The first kappa shape index (κ1) is 10.4. The minimum absolute atomic E-state index is 0.436. The molecule has 0 bridgehead atoms. The second-order valence-electron chi connectivity index (χ2n) is 4.19. The van der Waals surface area contributed by atoms with Crippen LogP contribution in [0.3, 0.4) is 0 Å². The van der Waals surface area contributed by atoms with E-state index in [1.807, 2.05) is 32.0 Å². The number of benzene rings is 1. The van der Waals surface area contributed by atoms with Gasteiger partial charge in [-0.2, -0.15) is 0 Å². The fourth-order valence-corrected chi connectivity index (χ4v) is 1.48. The third kappa shape index (κ3) is 2.91. The first-order valence-electron chi connectivity index (χ1n) is 5.18. The first-order valence-corrected chi connectivity index (χ1v) is 5.18. The van der Waals surface area contributed by atoms with Gasteiger partial charge in [-0.05, 0) is 25.0 Å². The Balaban J connectivity index is 2.05. The Kier molecular flexibility index (Phi) is 2.89. The Morgan fingerprint density at radius 3 is 2.27 bits per heavy atom. The number of rotatable bonds is 1. The lowest BCUT2D eigenvalue weighted by Crippen LogP contribution is -2.35. The van der Waals surface area contributed by atoms with Crippen molar-refractivity contribution in [3.63, 3.8) is 0 Å². The molecule has 2 nitrogen and oxygen atoms in total. The van der Waals surface area contributed by atoms with Crippen LogP contribution in [0, 0.1) is 0 Å². The zero-order chi connectivity index (χ0) is 10.7. The first-order chi connectivity index (χ1) is 7.16. The van der Waals surface area contributed by atoms with Gasteiger partial charge in [0.15, 0.2) is 5.79 Å². The molecule has 1 aliphatic rings. The summed E-state index contributed by atoms with van der Waals surface area (Å²) in [5.41, 5.74) is 2.37. The smallest absolute Gasteiger partial charge is 0.163 e. The van der Waals surface area contributed by atoms with Crippen molar-refractivity contribution in [2.75, 3.05) is 13.2 Å². The van der Waals surface area contributed by atoms with Crippen molar-refractivity contribution in [3.05, 3.63) is 41.5 Å². The van der Waals surface area contributed by atoms with E-state index >= 15 is 0 Å². The lowest BCUT2D eigenvalue weighted by molar-refractivity contribution is -0.225. The summed E-state index contributed by atoms with van der Waals surface area (Å²) in [4.78, 5) is 0. The van der Waals surface area contributed by atoms with E-state index in [0.29, 0.717) is 13.2 Å². The molecule has 15 heavy (non-hydrogen) atoms. The largest absolute Gasteiger partial charge is 0.346 e. The van der Waals surface area contributed by atoms with Crippen LogP contribution in [-0.4, -0.2) is 19.0 Å². The highest BCUT2D eigenvalue weighted by Gasteiger charge is 2.24. The van der Waals surface area contributed by atoms with Gasteiger partial charge in [0.25, 0.3) is 0 Å². The summed E-state index contributed by atoms with van der Waals surface area (Å²) in [6, 6.07) is 10.2. The van der Waals surface area contributed by atoms with Gasteiger partial charge in [-0.1, -0.05) is 36.4 Å². The summed E-state index contributed by atoms with van der Waals surface area (Å²) >= 11 is 0. The second-order valence-corrected chi connectivity index (χ2v) is 4.19. The molecule has 80 valence electrons. The van der Waals surface area contributed by atoms with Gasteiger partial charge in [-0.3, -0.25) is 0 Å². The highest BCUT2D eigenvalue weighted by Crippen LogP contribution is 2.21. The van der Waals surface area contributed by atoms with Gasteiger partial charge in [-0.15, -0.1) is 0 Å². The molecule has 0 aromatic heterocycles. The predicted molar refractivity (Wildman–Crippen MR) is 60.4 cm³/mol.